The molecule has 0 aliphatic heterocycles. The number of hydrogen-bond donors (Lipinski definition) is 0. The van der Waals surface area contributed by atoms with Gasteiger partial charge in [-0.05, 0) is 42.8 Å². The zero-order valence-electron chi connectivity index (χ0n) is 17.0. The number of carbonyl (C=O) groups is 1. The Labute approximate surface area is 175 Å². The fourth-order valence-electron chi connectivity index (χ4n) is 2.98. The van der Waals surface area contributed by atoms with E-state index in [9.17, 15) is 13.2 Å². The quantitative estimate of drug-likeness (QED) is 0.618. The lowest BCUT2D eigenvalue weighted by Crippen LogP contribution is -2.27. The summed E-state index contributed by atoms with van der Waals surface area (Å²) >= 11 is 6.10. The van der Waals surface area contributed by atoms with Crippen molar-refractivity contribution in [2.75, 3.05) is 21.1 Å². The zero-order valence-corrected chi connectivity index (χ0v) is 18.5. The number of carbonyl (C=O) groups excluding carboxylic acids is 1. The first kappa shape index (κ1) is 21.3. The molecule has 1 amide bonds. The Hall–Kier alpha value is -2.42. The number of sulfonamides is 1. The minimum Gasteiger partial charge on any atom is -0.345 e. The molecule has 154 valence electrons. The van der Waals surface area contributed by atoms with Gasteiger partial charge < -0.3 is 9.47 Å². The van der Waals surface area contributed by atoms with Crippen molar-refractivity contribution in [1.82, 2.24) is 18.8 Å². The lowest BCUT2D eigenvalue weighted by Gasteiger charge is -2.17. The number of aryl methyl sites for hydroxylation is 2. The maximum atomic E-state index is 12.9. The molecule has 29 heavy (non-hydrogen) atoms. The van der Waals surface area contributed by atoms with Crippen molar-refractivity contribution in [3.8, 4) is 0 Å². The molecule has 0 N–H and O–H groups in total. The van der Waals surface area contributed by atoms with Gasteiger partial charge in [-0.25, -0.2) is 13.4 Å². The summed E-state index contributed by atoms with van der Waals surface area (Å²) in [5.41, 5.74) is 2.80. The summed E-state index contributed by atoms with van der Waals surface area (Å²) in [6.07, 6.45) is 0. The fraction of sp³-hybridized carbons (Fsp3) is 0.300. The Kier molecular flexibility index (Phi) is 5.71. The van der Waals surface area contributed by atoms with Crippen LogP contribution in [-0.2, 0) is 23.6 Å². The summed E-state index contributed by atoms with van der Waals surface area (Å²) in [5.74, 6) is 0.453. The van der Waals surface area contributed by atoms with Gasteiger partial charge in [-0.1, -0.05) is 17.7 Å². The average Bonchev–Trinajstić information content (AvgIpc) is 2.98. The maximum absolute atomic E-state index is 12.9. The normalized spacial score (nSPS) is 12.0. The van der Waals surface area contributed by atoms with Crippen molar-refractivity contribution < 1.29 is 13.2 Å². The van der Waals surface area contributed by atoms with Crippen LogP contribution in [-0.4, -0.2) is 54.2 Å². The van der Waals surface area contributed by atoms with Crippen molar-refractivity contribution in [3.63, 3.8) is 0 Å². The van der Waals surface area contributed by atoms with Crippen LogP contribution in [0.4, 0.5) is 0 Å². The van der Waals surface area contributed by atoms with E-state index in [1.54, 1.807) is 38.4 Å². The molecule has 0 saturated heterocycles. The smallest absolute Gasteiger partial charge is 0.253 e. The number of halogens is 1. The summed E-state index contributed by atoms with van der Waals surface area (Å²) in [4.78, 5) is 18.4. The maximum Gasteiger partial charge on any atom is 0.253 e. The summed E-state index contributed by atoms with van der Waals surface area (Å²) in [6.45, 7) is 1.90. The minimum absolute atomic E-state index is 0.0793. The Morgan fingerprint density at radius 3 is 2.45 bits per heavy atom. The predicted octanol–water partition coefficient (Wildman–Crippen LogP) is 3.06. The van der Waals surface area contributed by atoms with E-state index >= 15 is 0 Å². The highest BCUT2D eigenvalue weighted by molar-refractivity contribution is 7.89. The summed E-state index contributed by atoms with van der Waals surface area (Å²) in [7, 11) is 2.97. The molecule has 2 aromatic carbocycles. The number of rotatable bonds is 5. The number of benzene rings is 2. The molecule has 0 radical (unpaired) electrons. The highest BCUT2D eigenvalue weighted by Crippen LogP contribution is 2.24. The van der Waals surface area contributed by atoms with Crippen molar-refractivity contribution >= 4 is 38.6 Å². The van der Waals surface area contributed by atoms with Crippen molar-refractivity contribution in [2.45, 2.75) is 18.4 Å². The second-order valence-corrected chi connectivity index (χ2v) is 9.61. The van der Waals surface area contributed by atoms with E-state index in [1.807, 2.05) is 24.6 Å². The number of imidazole rings is 1. The lowest BCUT2D eigenvalue weighted by atomic mass is 10.2. The van der Waals surface area contributed by atoms with Gasteiger partial charge >= 0.3 is 0 Å². The monoisotopic (exact) mass is 434 g/mol. The van der Waals surface area contributed by atoms with Crippen LogP contribution in [0.5, 0.6) is 0 Å². The highest BCUT2D eigenvalue weighted by atomic mass is 35.5. The molecule has 3 rings (SSSR count). The molecule has 1 heterocycles. The van der Waals surface area contributed by atoms with Crippen molar-refractivity contribution in [3.05, 3.63) is 58.4 Å². The van der Waals surface area contributed by atoms with Gasteiger partial charge in [-0.2, -0.15) is 4.31 Å². The molecule has 0 fully saturated rings. The Bertz CT molecular complexity index is 1200. The third kappa shape index (κ3) is 4.01. The van der Waals surface area contributed by atoms with E-state index in [4.69, 9.17) is 11.6 Å². The van der Waals surface area contributed by atoms with Crippen LogP contribution in [0, 0.1) is 6.92 Å². The van der Waals surface area contributed by atoms with Crippen LogP contribution in [0.1, 0.15) is 21.7 Å². The number of hydrogen-bond acceptors (Lipinski definition) is 4. The fourth-order valence-corrected chi connectivity index (χ4v) is 4.38. The van der Waals surface area contributed by atoms with Gasteiger partial charge in [0.2, 0.25) is 10.0 Å². The van der Waals surface area contributed by atoms with Gasteiger partial charge in [0.05, 0.1) is 22.5 Å². The van der Waals surface area contributed by atoms with Gasteiger partial charge in [0.1, 0.15) is 5.82 Å². The Balaban J connectivity index is 1.93. The standard InChI is InChI=1S/C20H23ClN4O3S/c1-13-6-8-15(11-16(13)21)29(27,28)24(4)12-19-22-17-10-14(20(26)23(2)3)7-9-18(17)25(19)5/h6-11H,12H2,1-5H3. The SMILES string of the molecule is Cc1ccc(S(=O)(=O)N(C)Cc2nc3cc(C(=O)N(C)C)ccc3n2C)cc1Cl. The van der Waals surface area contributed by atoms with Gasteiger partial charge in [0, 0.05) is 38.8 Å². The first-order valence-corrected chi connectivity index (χ1v) is 10.7. The molecule has 0 bridgehead atoms. The van der Waals surface area contributed by atoms with Crippen LogP contribution >= 0.6 is 11.6 Å². The largest absolute Gasteiger partial charge is 0.345 e. The van der Waals surface area contributed by atoms with E-state index in [-0.39, 0.29) is 17.3 Å². The number of amides is 1. The van der Waals surface area contributed by atoms with Crippen LogP contribution in [0.25, 0.3) is 11.0 Å². The molecular weight excluding hydrogens is 412 g/mol. The second kappa shape index (κ2) is 7.78. The first-order valence-electron chi connectivity index (χ1n) is 8.92. The molecule has 0 saturated carbocycles. The van der Waals surface area contributed by atoms with Crippen LogP contribution in [0.15, 0.2) is 41.3 Å². The molecular formula is C20H23ClN4O3S. The molecule has 1 aromatic heterocycles. The molecule has 0 spiro atoms. The van der Waals surface area contributed by atoms with E-state index in [2.05, 4.69) is 4.98 Å². The molecule has 0 aliphatic rings. The van der Waals surface area contributed by atoms with Crippen LogP contribution in [0.2, 0.25) is 5.02 Å². The second-order valence-electron chi connectivity index (χ2n) is 7.16. The number of aromatic nitrogens is 2. The molecule has 0 unspecified atom stereocenters. The third-order valence-corrected chi connectivity index (χ3v) is 7.05. The predicted molar refractivity (Wildman–Crippen MR) is 114 cm³/mol. The first-order chi connectivity index (χ1) is 13.5. The van der Waals surface area contributed by atoms with Gasteiger partial charge in [0.25, 0.3) is 5.91 Å². The van der Waals surface area contributed by atoms with E-state index < -0.39 is 10.0 Å². The zero-order chi connectivity index (χ0) is 21.5. The highest BCUT2D eigenvalue weighted by Gasteiger charge is 2.24. The third-order valence-electron chi connectivity index (χ3n) is 4.84. The van der Waals surface area contributed by atoms with Crippen LogP contribution in [0.3, 0.4) is 0 Å². The topological polar surface area (TPSA) is 75.5 Å². The average molecular weight is 435 g/mol. The van der Waals surface area contributed by atoms with Crippen LogP contribution < -0.4 is 0 Å². The Morgan fingerprint density at radius 2 is 1.83 bits per heavy atom. The van der Waals surface area contributed by atoms with E-state index in [0.29, 0.717) is 21.9 Å². The minimum atomic E-state index is -3.73. The van der Waals surface area contributed by atoms with Gasteiger partial charge in [-0.3, -0.25) is 4.79 Å². The molecule has 7 nitrogen and oxygen atoms in total. The lowest BCUT2D eigenvalue weighted by molar-refractivity contribution is 0.0827. The number of fused-ring (bicyclic) bond motifs is 1. The van der Waals surface area contributed by atoms with Crippen molar-refractivity contribution in [2.24, 2.45) is 7.05 Å². The number of nitrogens with zero attached hydrogens (tertiary/aromatic N) is 4. The van der Waals surface area contributed by atoms with Gasteiger partial charge in [-0.15, -0.1) is 0 Å². The Morgan fingerprint density at radius 1 is 1.14 bits per heavy atom. The van der Waals surface area contributed by atoms with Gasteiger partial charge in [0.15, 0.2) is 0 Å². The molecule has 9 heteroatoms. The summed E-state index contributed by atoms with van der Waals surface area (Å²) in [6, 6.07) is 9.95. The van der Waals surface area contributed by atoms with Crippen molar-refractivity contribution in [1.29, 1.82) is 0 Å². The molecule has 3 aromatic rings. The molecule has 0 aliphatic carbocycles. The van der Waals surface area contributed by atoms with E-state index in [1.165, 1.54) is 22.3 Å². The molecule has 0 atom stereocenters. The summed E-state index contributed by atoms with van der Waals surface area (Å²) in [5, 5.41) is 0.403. The summed E-state index contributed by atoms with van der Waals surface area (Å²) < 4.78 is 28.9. The van der Waals surface area contributed by atoms with E-state index in [0.717, 1.165) is 11.1 Å².